The fraction of sp³-hybridized carbons (Fsp3) is 0.286. The summed E-state index contributed by atoms with van der Waals surface area (Å²) in [5, 5.41) is 3.60. The zero-order valence-electron chi connectivity index (χ0n) is 21.0. The van der Waals surface area contributed by atoms with Crippen molar-refractivity contribution in [2.75, 3.05) is 39.3 Å². The third kappa shape index (κ3) is 6.11. The molecule has 0 spiro atoms. The second-order valence-electron chi connectivity index (χ2n) is 8.36. The van der Waals surface area contributed by atoms with Crippen molar-refractivity contribution in [1.82, 2.24) is 4.90 Å². The molecular formula is C28H29FN2O5S. The summed E-state index contributed by atoms with van der Waals surface area (Å²) in [5.74, 6) is 1.14. The SMILES string of the molecule is CCOC(=O)c1ccc(OC[C@H]2c3cc(OC)c(OC)cc3CCN2C(=S)Nc2cccc(F)c2)cc1. The molecule has 0 aromatic heterocycles. The summed E-state index contributed by atoms with van der Waals surface area (Å²) in [6.07, 6.45) is 0.728. The summed E-state index contributed by atoms with van der Waals surface area (Å²) >= 11 is 5.75. The average Bonchev–Trinajstić information content (AvgIpc) is 2.91. The number of carbonyl (C=O) groups is 1. The Hall–Kier alpha value is -3.85. The molecule has 1 atom stereocenters. The molecule has 1 aliphatic rings. The smallest absolute Gasteiger partial charge is 0.338 e. The molecular weight excluding hydrogens is 495 g/mol. The van der Waals surface area contributed by atoms with Crippen molar-refractivity contribution in [3.63, 3.8) is 0 Å². The molecule has 0 amide bonds. The van der Waals surface area contributed by atoms with E-state index in [0.29, 0.717) is 46.8 Å². The van der Waals surface area contributed by atoms with Gasteiger partial charge in [0.2, 0.25) is 0 Å². The molecule has 0 bridgehead atoms. The lowest BCUT2D eigenvalue weighted by Crippen LogP contribution is -2.44. The van der Waals surface area contributed by atoms with E-state index in [-0.39, 0.29) is 24.4 Å². The molecule has 0 saturated carbocycles. The van der Waals surface area contributed by atoms with E-state index in [4.69, 9.17) is 31.2 Å². The van der Waals surface area contributed by atoms with Crippen molar-refractivity contribution in [3.05, 3.63) is 83.2 Å². The van der Waals surface area contributed by atoms with Crippen molar-refractivity contribution >= 4 is 29.0 Å². The monoisotopic (exact) mass is 524 g/mol. The van der Waals surface area contributed by atoms with Gasteiger partial charge in [-0.3, -0.25) is 0 Å². The van der Waals surface area contributed by atoms with E-state index >= 15 is 0 Å². The molecule has 3 aromatic carbocycles. The van der Waals surface area contributed by atoms with E-state index in [1.165, 1.54) is 12.1 Å². The normalized spacial score (nSPS) is 14.4. The van der Waals surface area contributed by atoms with Gasteiger partial charge in [-0.05, 0) is 91.3 Å². The topological polar surface area (TPSA) is 69.3 Å². The molecule has 0 radical (unpaired) electrons. The summed E-state index contributed by atoms with van der Waals surface area (Å²) in [6, 6.07) is 16.6. The largest absolute Gasteiger partial charge is 0.493 e. The minimum atomic E-state index is -0.378. The first-order valence-corrected chi connectivity index (χ1v) is 12.3. The Kier molecular flexibility index (Phi) is 8.45. The lowest BCUT2D eigenvalue weighted by Gasteiger charge is -2.39. The van der Waals surface area contributed by atoms with Crippen LogP contribution in [0.1, 0.15) is 34.5 Å². The van der Waals surface area contributed by atoms with Gasteiger partial charge >= 0.3 is 5.97 Å². The Balaban J connectivity index is 1.60. The third-order valence-corrected chi connectivity index (χ3v) is 6.45. The summed E-state index contributed by atoms with van der Waals surface area (Å²) in [7, 11) is 3.20. The Morgan fingerprint density at radius 2 is 1.81 bits per heavy atom. The number of nitrogens with zero attached hydrogens (tertiary/aromatic N) is 1. The molecule has 4 rings (SSSR count). The Bertz CT molecular complexity index is 1270. The maximum Gasteiger partial charge on any atom is 0.338 e. The second-order valence-corrected chi connectivity index (χ2v) is 8.75. The number of halogens is 1. The van der Waals surface area contributed by atoms with Gasteiger partial charge in [0.25, 0.3) is 0 Å². The molecule has 9 heteroatoms. The van der Waals surface area contributed by atoms with E-state index < -0.39 is 0 Å². The number of benzene rings is 3. The number of hydrogen-bond donors (Lipinski definition) is 1. The van der Waals surface area contributed by atoms with Crippen LogP contribution in [0.3, 0.4) is 0 Å². The van der Waals surface area contributed by atoms with E-state index in [1.54, 1.807) is 57.5 Å². The molecule has 0 unspecified atom stereocenters. The van der Waals surface area contributed by atoms with Gasteiger partial charge < -0.3 is 29.2 Å². The van der Waals surface area contributed by atoms with Gasteiger partial charge in [0, 0.05) is 12.2 Å². The zero-order valence-corrected chi connectivity index (χ0v) is 21.8. The van der Waals surface area contributed by atoms with Gasteiger partial charge in [-0.2, -0.15) is 0 Å². The van der Waals surface area contributed by atoms with Crippen molar-refractivity contribution < 1.29 is 28.1 Å². The van der Waals surface area contributed by atoms with Crippen LogP contribution in [0.4, 0.5) is 10.1 Å². The first kappa shape index (κ1) is 26.2. The van der Waals surface area contributed by atoms with Crippen LogP contribution in [-0.4, -0.2) is 50.0 Å². The van der Waals surface area contributed by atoms with Gasteiger partial charge in [0.05, 0.1) is 32.4 Å². The van der Waals surface area contributed by atoms with Gasteiger partial charge in [-0.1, -0.05) is 6.07 Å². The number of esters is 1. The van der Waals surface area contributed by atoms with Gasteiger partial charge in [0.15, 0.2) is 16.6 Å². The number of hydrogen-bond acceptors (Lipinski definition) is 6. The fourth-order valence-corrected chi connectivity index (χ4v) is 4.63. The maximum absolute atomic E-state index is 13.7. The maximum atomic E-state index is 13.7. The molecule has 0 aliphatic carbocycles. The van der Waals surface area contributed by atoms with Crippen molar-refractivity contribution in [1.29, 1.82) is 0 Å². The minimum Gasteiger partial charge on any atom is -0.493 e. The molecule has 3 aromatic rings. The van der Waals surface area contributed by atoms with Crippen LogP contribution in [-0.2, 0) is 11.2 Å². The highest BCUT2D eigenvalue weighted by molar-refractivity contribution is 7.80. The first-order chi connectivity index (χ1) is 17.9. The number of thiocarbonyl (C=S) groups is 1. The fourth-order valence-electron chi connectivity index (χ4n) is 4.29. The van der Waals surface area contributed by atoms with Crippen LogP contribution in [0.15, 0.2) is 60.7 Å². The van der Waals surface area contributed by atoms with E-state index in [0.717, 1.165) is 17.5 Å². The second kappa shape index (κ2) is 11.9. The highest BCUT2D eigenvalue weighted by Crippen LogP contribution is 2.38. The summed E-state index contributed by atoms with van der Waals surface area (Å²) in [4.78, 5) is 14.0. The Labute approximate surface area is 221 Å². The lowest BCUT2D eigenvalue weighted by molar-refractivity contribution is 0.0526. The van der Waals surface area contributed by atoms with Crippen molar-refractivity contribution in [2.24, 2.45) is 0 Å². The number of ether oxygens (including phenoxy) is 4. The van der Waals surface area contributed by atoms with Crippen molar-refractivity contribution in [3.8, 4) is 17.2 Å². The molecule has 1 aliphatic heterocycles. The number of fused-ring (bicyclic) bond motifs is 1. The number of rotatable bonds is 8. The van der Waals surface area contributed by atoms with Crippen LogP contribution in [0.25, 0.3) is 0 Å². The minimum absolute atomic E-state index is 0.262. The molecule has 194 valence electrons. The number of methoxy groups -OCH3 is 2. The number of anilines is 1. The van der Waals surface area contributed by atoms with Crippen LogP contribution >= 0.6 is 12.2 Å². The van der Waals surface area contributed by atoms with Crippen molar-refractivity contribution in [2.45, 2.75) is 19.4 Å². The Morgan fingerprint density at radius 3 is 2.49 bits per heavy atom. The first-order valence-electron chi connectivity index (χ1n) is 11.9. The standard InChI is InChI=1S/C28H29FN2O5S/c1-4-35-27(32)18-8-10-22(11-9-18)36-17-24-23-16-26(34-3)25(33-2)14-19(23)12-13-31(24)28(37)30-21-7-5-6-20(29)15-21/h5-11,14-16,24H,4,12-13,17H2,1-3H3,(H,30,37)/t24-/m0/s1. The van der Waals surface area contributed by atoms with Crippen LogP contribution in [0.2, 0.25) is 0 Å². The van der Waals surface area contributed by atoms with Crippen LogP contribution in [0.5, 0.6) is 17.2 Å². The summed E-state index contributed by atoms with van der Waals surface area (Å²) in [6.45, 7) is 2.97. The van der Waals surface area contributed by atoms with Gasteiger partial charge in [-0.15, -0.1) is 0 Å². The van der Waals surface area contributed by atoms with E-state index in [9.17, 15) is 9.18 Å². The Morgan fingerprint density at radius 1 is 1.08 bits per heavy atom. The number of nitrogens with one attached hydrogen (secondary N) is 1. The number of carbonyl (C=O) groups excluding carboxylic acids is 1. The predicted octanol–water partition coefficient (Wildman–Crippen LogP) is 5.39. The molecule has 7 nitrogen and oxygen atoms in total. The molecule has 0 fully saturated rings. The summed E-state index contributed by atoms with van der Waals surface area (Å²) < 4.78 is 36.0. The molecule has 1 heterocycles. The van der Waals surface area contributed by atoms with Crippen LogP contribution < -0.4 is 19.5 Å². The average molecular weight is 525 g/mol. The molecule has 0 saturated heterocycles. The van der Waals surface area contributed by atoms with Crippen LogP contribution in [0, 0.1) is 5.82 Å². The van der Waals surface area contributed by atoms with Gasteiger partial charge in [0.1, 0.15) is 18.2 Å². The third-order valence-electron chi connectivity index (χ3n) is 6.11. The lowest BCUT2D eigenvalue weighted by atomic mass is 9.92. The highest BCUT2D eigenvalue weighted by atomic mass is 32.1. The quantitative estimate of drug-likeness (QED) is 0.311. The van der Waals surface area contributed by atoms with Gasteiger partial charge in [-0.25, -0.2) is 9.18 Å². The molecule has 1 N–H and O–H groups in total. The predicted molar refractivity (Wildman–Crippen MR) is 143 cm³/mol. The van der Waals surface area contributed by atoms with E-state index in [2.05, 4.69) is 5.32 Å². The summed E-state index contributed by atoms with van der Waals surface area (Å²) in [5.41, 5.74) is 3.12. The molecule has 37 heavy (non-hydrogen) atoms. The highest BCUT2D eigenvalue weighted by Gasteiger charge is 2.31. The van der Waals surface area contributed by atoms with E-state index in [1.807, 2.05) is 17.0 Å². The zero-order chi connectivity index (χ0) is 26.4.